The van der Waals surface area contributed by atoms with Crippen LogP contribution in [0.15, 0.2) is 51.8 Å². The minimum Gasteiger partial charge on any atom is -0.370 e. The van der Waals surface area contributed by atoms with E-state index in [0.717, 1.165) is 21.4 Å². The SMILES string of the molecule is CSc1ccc(NC2C(=O)Nc3ccc(Br)cc32)cc1. The summed E-state index contributed by atoms with van der Waals surface area (Å²) >= 11 is 5.15. The first-order valence-electron chi connectivity index (χ1n) is 6.18. The molecule has 0 bridgehead atoms. The van der Waals surface area contributed by atoms with Gasteiger partial charge in [-0.3, -0.25) is 4.79 Å². The standard InChI is InChI=1S/C15H13BrN2OS/c1-20-11-5-3-10(4-6-11)17-14-12-8-9(16)2-7-13(12)18-15(14)19/h2-8,14,17H,1H3,(H,18,19). The molecule has 0 radical (unpaired) electrons. The lowest BCUT2D eigenvalue weighted by Crippen LogP contribution is -2.19. The zero-order valence-electron chi connectivity index (χ0n) is 10.8. The van der Waals surface area contributed by atoms with Crippen LogP contribution in [-0.2, 0) is 4.79 Å². The van der Waals surface area contributed by atoms with Gasteiger partial charge >= 0.3 is 0 Å². The molecular weight excluding hydrogens is 336 g/mol. The fraction of sp³-hybridized carbons (Fsp3) is 0.133. The summed E-state index contributed by atoms with van der Waals surface area (Å²) in [6.45, 7) is 0. The van der Waals surface area contributed by atoms with Crippen LogP contribution in [0, 0.1) is 0 Å². The summed E-state index contributed by atoms with van der Waals surface area (Å²) in [6.07, 6.45) is 2.04. The highest BCUT2D eigenvalue weighted by Crippen LogP contribution is 2.35. The summed E-state index contributed by atoms with van der Waals surface area (Å²) < 4.78 is 0.970. The zero-order valence-corrected chi connectivity index (χ0v) is 13.2. The Bertz CT molecular complexity index is 657. The summed E-state index contributed by atoms with van der Waals surface area (Å²) in [7, 11) is 0. The number of rotatable bonds is 3. The maximum absolute atomic E-state index is 12.1. The lowest BCUT2D eigenvalue weighted by atomic mass is 10.1. The van der Waals surface area contributed by atoms with Crippen molar-refractivity contribution in [2.75, 3.05) is 16.9 Å². The van der Waals surface area contributed by atoms with E-state index in [1.165, 1.54) is 4.90 Å². The maximum Gasteiger partial charge on any atom is 0.251 e. The highest BCUT2D eigenvalue weighted by atomic mass is 79.9. The van der Waals surface area contributed by atoms with E-state index in [-0.39, 0.29) is 11.9 Å². The zero-order chi connectivity index (χ0) is 14.1. The average molecular weight is 349 g/mol. The van der Waals surface area contributed by atoms with Gasteiger partial charge in [-0.2, -0.15) is 0 Å². The second-order valence-electron chi connectivity index (χ2n) is 4.53. The van der Waals surface area contributed by atoms with Gasteiger partial charge in [0.25, 0.3) is 5.91 Å². The highest BCUT2D eigenvalue weighted by molar-refractivity contribution is 9.10. The van der Waals surface area contributed by atoms with Crippen molar-refractivity contribution in [3.8, 4) is 0 Å². The van der Waals surface area contributed by atoms with E-state index < -0.39 is 0 Å². The largest absolute Gasteiger partial charge is 0.370 e. The average Bonchev–Trinajstić information content (AvgIpc) is 2.76. The molecule has 3 nitrogen and oxygen atoms in total. The Morgan fingerprint density at radius 1 is 1.20 bits per heavy atom. The van der Waals surface area contributed by atoms with Crippen LogP contribution in [-0.4, -0.2) is 12.2 Å². The summed E-state index contributed by atoms with van der Waals surface area (Å²) in [5.41, 5.74) is 2.78. The minimum atomic E-state index is -0.345. The molecule has 1 aliphatic rings. The first-order valence-corrected chi connectivity index (χ1v) is 8.20. The highest BCUT2D eigenvalue weighted by Gasteiger charge is 2.30. The number of carbonyl (C=O) groups excluding carboxylic acids is 1. The van der Waals surface area contributed by atoms with Gasteiger partial charge in [0.15, 0.2) is 0 Å². The van der Waals surface area contributed by atoms with Gasteiger partial charge in [0.1, 0.15) is 6.04 Å². The molecule has 0 spiro atoms. The van der Waals surface area contributed by atoms with Crippen molar-refractivity contribution in [3.63, 3.8) is 0 Å². The molecule has 0 fully saturated rings. The summed E-state index contributed by atoms with van der Waals surface area (Å²) in [4.78, 5) is 13.3. The van der Waals surface area contributed by atoms with Crippen molar-refractivity contribution >= 4 is 45.0 Å². The Labute approximate surface area is 130 Å². The molecular formula is C15H13BrN2OS. The molecule has 1 amide bonds. The molecule has 0 saturated carbocycles. The Hall–Kier alpha value is -1.46. The smallest absolute Gasteiger partial charge is 0.251 e. The van der Waals surface area contributed by atoms with Crippen LogP contribution in [0.3, 0.4) is 0 Å². The fourth-order valence-electron chi connectivity index (χ4n) is 2.23. The van der Waals surface area contributed by atoms with E-state index in [2.05, 4.69) is 26.6 Å². The van der Waals surface area contributed by atoms with Crippen LogP contribution in [0.5, 0.6) is 0 Å². The predicted octanol–water partition coefficient (Wildman–Crippen LogP) is 4.28. The number of hydrogen-bond acceptors (Lipinski definition) is 3. The number of benzene rings is 2. The second kappa shape index (κ2) is 5.50. The fourth-order valence-corrected chi connectivity index (χ4v) is 3.02. The minimum absolute atomic E-state index is 0.0213. The molecule has 2 aromatic carbocycles. The van der Waals surface area contributed by atoms with E-state index in [9.17, 15) is 4.79 Å². The Balaban J connectivity index is 1.87. The third-order valence-corrected chi connectivity index (χ3v) is 4.48. The molecule has 0 saturated heterocycles. The van der Waals surface area contributed by atoms with Crippen molar-refractivity contribution in [2.24, 2.45) is 0 Å². The lowest BCUT2D eigenvalue weighted by molar-refractivity contribution is -0.116. The van der Waals surface area contributed by atoms with Crippen molar-refractivity contribution in [1.29, 1.82) is 0 Å². The molecule has 2 aromatic rings. The third-order valence-electron chi connectivity index (χ3n) is 3.25. The Kier molecular flexibility index (Phi) is 3.72. The van der Waals surface area contributed by atoms with Gasteiger partial charge in [-0.15, -0.1) is 11.8 Å². The van der Waals surface area contributed by atoms with Crippen molar-refractivity contribution < 1.29 is 4.79 Å². The molecule has 20 heavy (non-hydrogen) atoms. The van der Waals surface area contributed by atoms with E-state index >= 15 is 0 Å². The first kappa shape index (κ1) is 13.5. The van der Waals surface area contributed by atoms with E-state index in [1.54, 1.807) is 11.8 Å². The quantitative estimate of drug-likeness (QED) is 0.813. The van der Waals surface area contributed by atoms with Crippen LogP contribution in [0.4, 0.5) is 11.4 Å². The van der Waals surface area contributed by atoms with Gasteiger partial charge in [-0.25, -0.2) is 0 Å². The maximum atomic E-state index is 12.1. The number of amides is 1. The molecule has 1 unspecified atom stereocenters. The van der Waals surface area contributed by atoms with E-state index in [0.29, 0.717) is 0 Å². The van der Waals surface area contributed by atoms with E-state index in [1.807, 2.05) is 48.7 Å². The van der Waals surface area contributed by atoms with Crippen LogP contribution >= 0.6 is 27.7 Å². The molecule has 0 aromatic heterocycles. The molecule has 2 N–H and O–H groups in total. The Morgan fingerprint density at radius 2 is 1.95 bits per heavy atom. The molecule has 5 heteroatoms. The van der Waals surface area contributed by atoms with Crippen molar-refractivity contribution in [3.05, 3.63) is 52.5 Å². The van der Waals surface area contributed by atoms with Crippen LogP contribution < -0.4 is 10.6 Å². The van der Waals surface area contributed by atoms with Crippen LogP contribution in [0.25, 0.3) is 0 Å². The van der Waals surface area contributed by atoms with Crippen molar-refractivity contribution in [1.82, 2.24) is 0 Å². The number of hydrogen-bond donors (Lipinski definition) is 2. The van der Waals surface area contributed by atoms with Gasteiger partial charge in [0.2, 0.25) is 0 Å². The lowest BCUT2D eigenvalue weighted by Gasteiger charge is -2.13. The first-order chi connectivity index (χ1) is 9.67. The Morgan fingerprint density at radius 3 is 2.65 bits per heavy atom. The number of fused-ring (bicyclic) bond motifs is 1. The van der Waals surface area contributed by atoms with Gasteiger partial charge in [-0.1, -0.05) is 15.9 Å². The van der Waals surface area contributed by atoms with Crippen LogP contribution in [0.2, 0.25) is 0 Å². The number of anilines is 2. The monoisotopic (exact) mass is 348 g/mol. The summed E-state index contributed by atoms with van der Waals surface area (Å²) in [5.74, 6) is -0.0213. The van der Waals surface area contributed by atoms with Gasteiger partial charge < -0.3 is 10.6 Å². The molecule has 102 valence electrons. The normalized spacial score (nSPS) is 16.7. The predicted molar refractivity (Wildman–Crippen MR) is 87.4 cm³/mol. The van der Waals surface area contributed by atoms with Gasteiger partial charge in [0, 0.05) is 26.3 Å². The molecule has 1 aliphatic heterocycles. The third kappa shape index (κ3) is 2.55. The molecule has 1 heterocycles. The molecule has 0 aliphatic carbocycles. The van der Waals surface area contributed by atoms with Crippen molar-refractivity contribution in [2.45, 2.75) is 10.9 Å². The topological polar surface area (TPSA) is 41.1 Å². The number of halogens is 1. The number of carbonyl (C=O) groups is 1. The molecule has 1 atom stereocenters. The molecule has 3 rings (SSSR count). The summed E-state index contributed by atoms with van der Waals surface area (Å²) in [6, 6.07) is 13.5. The second-order valence-corrected chi connectivity index (χ2v) is 6.32. The summed E-state index contributed by atoms with van der Waals surface area (Å²) in [5, 5.41) is 6.17. The number of nitrogens with one attached hydrogen (secondary N) is 2. The van der Waals surface area contributed by atoms with Gasteiger partial charge in [-0.05, 0) is 48.7 Å². The van der Waals surface area contributed by atoms with Gasteiger partial charge in [0.05, 0.1) is 0 Å². The van der Waals surface area contributed by atoms with Crippen LogP contribution in [0.1, 0.15) is 11.6 Å². The van der Waals surface area contributed by atoms with E-state index in [4.69, 9.17) is 0 Å². The number of thioether (sulfide) groups is 1.